The van der Waals surface area contributed by atoms with Crippen molar-refractivity contribution in [2.24, 2.45) is 0 Å². The summed E-state index contributed by atoms with van der Waals surface area (Å²) in [5.74, 6) is 1.25. The van der Waals surface area contributed by atoms with E-state index in [1.165, 1.54) is 18.4 Å². The minimum atomic E-state index is 0.281. The Morgan fingerprint density at radius 1 is 1.14 bits per heavy atom. The van der Waals surface area contributed by atoms with Crippen molar-refractivity contribution in [1.82, 2.24) is 5.32 Å². The highest BCUT2D eigenvalue weighted by atomic mass is 16.5. The van der Waals surface area contributed by atoms with Crippen LogP contribution in [0.25, 0.3) is 0 Å². The number of phenols is 1. The highest BCUT2D eigenvalue weighted by molar-refractivity contribution is 5.41. The molecule has 3 rings (SSSR count). The van der Waals surface area contributed by atoms with Gasteiger partial charge in [0.2, 0.25) is 0 Å². The summed E-state index contributed by atoms with van der Waals surface area (Å²) in [5, 5.41) is 12.8. The Bertz CT molecular complexity index is 603. The molecule has 0 atom stereocenters. The van der Waals surface area contributed by atoms with E-state index in [4.69, 9.17) is 4.74 Å². The van der Waals surface area contributed by atoms with Gasteiger partial charge in [-0.15, -0.1) is 0 Å². The number of benzene rings is 2. The molecule has 0 spiro atoms. The molecule has 2 aromatic carbocycles. The molecule has 0 amide bonds. The van der Waals surface area contributed by atoms with Gasteiger partial charge in [-0.3, -0.25) is 0 Å². The van der Waals surface area contributed by atoms with Crippen LogP contribution < -0.4 is 10.1 Å². The van der Waals surface area contributed by atoms with Crippen LogP contribution in [0.3, 0.4) is 0 Å². The van der Waals surface area contributed by atoms with E-state index in [1.54, 1.807) is 12.1 Å². The van der Waals surface area contributed by atoms with Crippen LogP contribution in [0.1, 0.15) is 29.5 Å². The van der Waals surface area contributed by atoms with E-state index in [-0.39, 0.29) is 5.75 Å². The van der Waals surface area contributed by atoms with Gasteiger partial charge in [-0.25, -0.2) is 0 Å². The number of para-hydroxylation sites is 1. The second-order valence-electron chi connectivity index (χ2n) is 5.67. The van der Waals surface area contributed by atoms with Crippen LogP contribution in [0.5, 0.6) is 11.5 Å². The number of aryl methyl sites for hydroxylation is 1. The monoisotopic (exact) mass is 283 g/mol. The summed E-state index contributed by atoms with van der Waals surface area (Å²) in [6.45, 7) is 3.45. The van der Waals surface area contributed by atoms with E-state index >= 15 is 0 Å². The van der Waals surface area contributed by atoms with Gasteiger partial charge in [0.05, 0.1) is 0 Å². The van der Waals surface area contributed by atoms with Gasteiger partial charge in [0.1, 0.15) is 18.1 Å². The molecule has 21 heavy (non-hydrogen) atoms. The van der Waals surface area contributed by atoms with Crippen LogP contribution in [0, 0.1) is 6.92 Å². The maximum atomic E-state index is 9.31. The molecule has 1 saturated carbocycles. The third-order valence-electron chi connectivity index (χ3n) is 3.77. The number of rotatable bonds is 6. The first-order chi connectivity index (χ1) is 10.2. The zero-order valence-corrected chi connectivity index (χ0v) is 12.3. The first-order valence-corrected chi connectivity index (χ1v) is 7.45. The summed E-state index contributed by atoms with van der Waals surface area (Å²) in [4.78, 5) is 0. The summed E-state index contributed by atoms with van der Waals surface area (Å²) in [6.07, 6.45) is 2.57. The molecule has 0 aromatic heterocycles. The summed E-state index contributed by atoms with van der Waals surface area (Å²) < 4.78 is 6.02. The van der Waals surface area contributed by atoms with Crippen molar-refractivity contribution in [2.75, 3.05) is 0 Å². The molecule has 0 bridgehead atoms. The standard InChI is InChI=1S/C18H21NO2/c1-13-3-2-4-15(11-19-16-7-8-16)18(13)21-12-14-5-9-17(20)10-6-14/h2-6,9-10,16,19-20H,7-8,11-12H2,1H3. The third kappa shape index (κ3) is 3.76. The van der Waals surface area contributed by atoms with Gasteiger partial charge in [0, 0.05) is 18.2 Å². The van der Waals surface area contributed by atoms with E-state index < -0.39 is 0 Å². The van der Waals surface area contributed by atoms with Crippen LogP contribution in [-0.4, -0.2) is 11.1 Å². The van der Waals surface area contributed by atoms with Crippen molar-refractivity contribution in [1.29, 1.82) is 0 Å². The van der Waals surface area contributed by atoms with Crippen LogP contribution in [0.2, 0.25) is 0 Å². The fraction of sp³-hybridized carbons (Fsp3) is 0.333. The van der Waals surface area contributed by atoms with E-state index in [0.29, 0.717) is 12.6 Å². The number of nitrogens with one attached hydrogen (secondary N) is 1. The molecule has 1 fully saturated rings. The smallest absolute Gasteiger partial charge is 0.127 e. The van der Waals surface area contributed by atoms with E-state index in [0.717, 1.165) is 23.4 Å². The number of hydrogen-bond acceptors (Lipinski definition) is 3. The van der Waals surface area contributed by atoms with Gasteiger partial charge in [0.15, 0.2) is 0 Å². The molecule has 0 radical (unpaired) electrons. The molecule has 1 aliphatic rings. The SMILES string of the molecule is Cc1cccc(CNC2CC2)c1OCc1ccc(O)cc1. The molecular weight excluding hydrogens is 262 g/mol. The first kappa shape index (κ1) is 14.0. The zero-order valence-electron chi connectivity index (χ0n) is 12.3. The number of ether oxygens (including phenoxy) is 1. The predicted molar refractivity (Wildman–Crippen MR) is 83.5 cm³/mol. The molecule has 2 N–H and O–H groups in total. The van der Waals surface area contributed by atoms with Crippen molar-refractivity contribution >= 4 is 0 Å². The lowest BCUT2D eigenvalue weighted by atomic mass is 10.1. The van der Waals surface area contributed by atoms with Gasteiger partial charge < -0.3 is 15.2 Å². The molecule has 3 heteroatoms. The highest BCUT2D eigenvalue weighted by Crippen LogP contribution is 2.26. The predicted octanol–water partition coefficient (Wildman–Crippen LogP) is 3.53. The Morgan fingerprint density at radius 3 is 2.62 bits per heavy atom. The lowest BCUT2D eigenvalue weighted by Gasteiger charge is -2.15. The summed E-state index contributed by atoms with van der Waals surface area (Å²) >= 11 is 0. The van der Waals surface area contributed by atoms with E-state index in [9.17, 15) is 5.11 Å². The first-order valence-electron chi connectivity index (χ1n) is 7.45. The molecule has 0 unspecified atom stereocenters. The lowest BCUT2D eigenvalue weighted by molar-refractivity contribution is 0.300. The van der Waals surface area contributed by atoms with Gasteiger partial charge in [0.25, 0.3) is 0 Å². The summed E-state index contributed by atoms with van der Waals surface area (Å²) in [7, 11) is 0. The van der Waals surface area contributed by atoms with Crippen LogP contribution in [0.4, 0.5) is 0 Å². The molecule has 0 heterocycles. The third-order valence-corrected chi connectivity index (χ3v) is 3.77. The Morgan fingerprint density at radius 2 is 1.90 bits per heavy atom. The van der Waals surface area contributed by atoms with Gasteiger partial charge in [-0.1, -0.05) is 30.3 Å². The summed E-state index contributed by atoms with van der Waals surface area (Å²) in [5.41, 5.74) is 3.42. The second kappa shape index (κ2) is 6.19. The molecule has 2 aromatic rings. The van der Waals surface area contributed by atoms with Crippen molar-refractivity contribution in [3.63, 3.8) is 0 Å². The molecule has 110 valence electrons. The van der Waals surface area contributed by atoms with Crippen LogP contribution in [0.15, 0.2) is 42.5 Å². The normalized spacial score (nSPS) is 14.1. The minimum absolute atomic E-state index is 0.281. The Labute approximate surface area is 125 Å². The second-order valence-corrected chi connectivity index (χ2v) is 5.67. The fourth-order valence-electron chi connectivity index (χ4n) is 2.35. The Hall–Kier alpha value is -2.00. The average Bonchev–Trinajstić information content (AvgIpc) is 3.30. The quantitative estimate of drug-likeness (QED) is 0.852. The number of aromatic hydroxyl groups is 1. The van der Waals surface area contributed by atoms with E-state index in [2.05, 4.69) is 30.4 Å². The van der Waals surface area contributed by atoms with Crippen molar-refractivity contribution in [3.8, 4) is 11.5 Å². The molecule has 0 aliphatic heterocycles. The zero-order chi connectivity index (χ0) is 14.7. The van der Waals surface area contributed by atoms with Crippen molar-refractivity contribution in [2.45, 2.75) is 39.0 Å². The highest BCUT2D eigenvalue weighted by Gasteiger charge is 2.20. The van der Waals surface area contributed by atoms with Gasteiger partial charge in [-0.05, 0) is 43.0 Å². The van der Waals surface area contributed by atoms with Crippen LogP contribution >= 0.6 is 0 Å². The largest absolute Gasteiger partial charge is 0.508 e. The fourth-order valence-corrected chi connectivity index (χ4v) is 2.35. The average molecular weight is 283 g/mol. The van der Waals surface area contributed by atoms with Crippen molar-refractivity contribution in [3.05, 3.63) is 59.2 Å². The molecular formula is C18H21NO2. The maximum absolute atomic E-state index is 9.31. The molecule has 0 saturated heterocycles. The Balaban J connectivity index is 1.69. The molecule has 3 nitrogen and oxygen atoms in total. The minimum Gasteiger partial charge on any atom is -0.508 e. The van der Waals surface area contributed by atoms with E-state index in [1.807, 2.05) is 12.1 Å². The number of phenolic OH excluding ortho intramolecular Hbond substituents is 1. The van der Waals surface area contributed by atoms with Crippen LogP contribution in [-0.2, 0) is 13.2 Å². The number of hydrogen-bond donors (Lipinski definition) is 2. The lowest BCUT2D eigenvalue weighted by Crippen LogP contribution is -2.16. The van der Waals surface area contributed by atoms with Gasteiger partial charge >= 0.3 is 0 Å². The summed E-state index contributed by atoms with van der Waals surface area (Å²) in [6, 6.07) is 14.1. The maximum Gasteiger partial charge on any atom is 0.127 e. The van der Waals surface area contributed by atoms with Gasteiger partial charge in [-0.2, -0.15) is 0 Å². The Kier molecular flexibility index (Phi) is 4.11. The topological polar surface area (TPSA) is 41.5 Å². The van der Waals surface area contributed by atoms with Crippen molar-refractivity contribution < 1.29 is 9.84 Å². The molecule has 1 aliphatic carbocycles.